The molecule has 1 amide bonds. The van der Waals surface area contributed by atoms with Crippen molar-refractivity contribution in [3.63, 3.8) is 0 Å². The Bertz CT molecular complexity index is 821. The highest BCUT2D eigenvalue weighted by molar-refractivity contribution is 5.94. The summed E-state index contributed by atoms with van der Waals surface area (Å²) in [6.45, 7) is 4.50. The van der Waals surface area contributed by atoms with Gasteiger partial charge in [0, 0.05) is 6.54 Å². The third-order valence-corrected chi connectivity index (χ3v) is 4.89. The molecular weight excluding hydrogens is 369 g/mol. The SMILES string of the molecule is CCOc1ccc(C(CNC(=O)c2ccc(F)c(F)c2F)N2CCCC2)cc1. The standard InChI is InChI=1S/C21H23F3N2O2/c1-2-28-15-7-5-14(6-8-15)18(26-11-3-4-12-26)13-25-21(27)16-9-10-17(22)20(24)19(16)23/h5-10,18H,2-4,11-13H2,1H3,(H,25,27). The molecule has 0 saturated carbocycles. The molecule has 1 fully saturated rings. The lowest BCUT2D eigenvalue weighted by molar-refractivity contribution is 0.0932. The molecule has 3 rings (SSSR count). The number of benzene rings is 2. The Hall–Kier alpha value is -2.54. The first-order valence-electron chi connectivity index (χ1n) is 9.39. The molecule has 0 aliphatic carbocycles. The number of likely N-dealkylation sites (tertiary alicyclic amines) is 1. The second-order valence-corrected chi connectivity index (χ2v) is 6.69. The van der Waals surface area contributed by atoms with E-state index in [1.807, 2.05) is 31.2 Å². The van der Waals surface area contributed by atoms with E-state index >= 15 is 0 Å². The van der Waals surface area contributed by atoms with Gasteiger partial charge in [0.2, 0.25) is 0 Å². The molecule has 1 aliphatic heterocycles. The Balaban J connectivity index is 1.75. The van der Waals surface area contributed by atoms with Gasteiger partial charge in [0.25, 0.3) is 5.91 Å². The van der Waals surface area contributed by atoms with Gasteiger partial charge in [-0.15, -0.1) is 0 Å². The number of halogens is 3. The third kappa shape index (κ3) is 4.47. The van der Waals surface area contributed by atoms with E-state index in [1.165, 1.54) is 0 Å². The van der Waals surface area contributed by atoms with Gasteiger partial charge in [-0.1, -0.05) is 12.1 Å². The summed E-state index contributed by atoms with van der Waals surface area (Å²) < 4.78 is 45.8. The van der Waals surface area contributed by atoms with Gasteiger partial charge in [-0.05, 0) is 62.7 Å². The highest BCUT2D eigenvalue weighted by Gasteiger charge is 2.25. The molecule has 1 aliphatic rings. The van der Waals surface area contributed by atoms with Crippen molar-refractivity contribution in [2.75, 3.05) is 26.2 Å². The van der Waals surface area contributed by atoms with Crippen molar-refractivity contribution in [1.82, 2.24) is 10.2 Å². The predicted molar refractivity (Wildman–Crippen MR) is 99.8 cm³/mol. The van der Waals surface area contributed by atoms with Crippen molar-refractivity contribution in [1.29, 1.82) is 0 Å². The topological polar surface area (TPSA) is 41.6 Å². The first kappa shape index (κ1) is 20.2. The monoisotopic (exact) mass is 392 g/mol. The maximum atomic E-state index is 13.9. The second kappa shape index (κ2) is 9.10. The minimum atomic E-state index is -1.64. The zero-order valence-electron chi connectivity index (χ0n) is 15.7. The summed E-state index contributed by atoms with van der Waals surface area (Å²) in [6.07, 6.45) is 2.14. The molecule has 2 aromatic rings. The van der Waals surface area contributed by atoms with Crippen molar-refractivity contribution >= 4 is 5.91 Å². The molecule has 28 heavy (non-hydrogen) atoms. The van der Waals surface area contributed by atoms with E-state index < -0.39 is 28.9 Å². The molecule has 1 saturated heterocycles. The van der Waals surface area contributed by atoms with Gasteiger partial charge in [-0.3, -0.25) is 9.69 Å². The minimum absolute atomic E-state index is 0.101. The van der Waals surface area contributed by atoms with Crippen molar-refractivity contribution in [2.45, 2.75) is 25.8 Å². The Morgan fingerprint density at radius 1 is 1.07 bits per heavy atom. The summed E-state index contributed by atoms with van der Waals surface area (Å²) in [5.41, 5.74) is 0.488. The zero-order valence-corrected chi connectivity index (χ0v) is 15.7. The molecule has 0 bridgehead atoms. The average molecular weight is 392 g/mol. The van der Waals surface area contributed by atoms with Crippen LogP contribution in [0, 0.1) is 17.5 Å². The summed E-state index contributed by atoms with van der Waals surface area (Å²) in [4.78, 5) is 14.6. The van der Waals surface area contributed by atoms with Gasteiger partial charge in [0.15, 0.2) is 17.5 Å². The number of nitrogens with one attached hydrogen (secondary N) is 1. The predicted octanol–water partition coefficient (Wildman–Crippen LogP) is 4.07. The maximum absolute atomic E-state index is 13.9. The highest BCUT2D eigenvalue weighted by Crippen LogP contribution is 2.26. The van der Waals surface area contributed by atoms with Gasteiger partial charge < -0.3 is 10.1 Å². The second-order valence-electron chi connectivity index (χ2n) is 6.69. The number of rotatable bonds is 7. The van der Waals surface area contributed by atoms with Crippen molar-refractivity contribution in [2.24, 2.45) is 0 Å². The largest absolute Gasteiger partial charge is 0.494 e. The fourth-order valence-corrected chi connectivity index (χ4v) is 3.45. The molecule has 4 nitrogen and oxygen atoms in total. The Morgan fingerprint density at radius 3 is 2.39 bits per heavy atom. The molecule has 0 radical (unpaired) electrons. The lowest BCUT2D eigenvalue weighted by Crippen LogP contribution is -2.37. The summed E-state index contributed by atoms with van der Waals surface area (Å²) >= 11 is 0. The van der Waals surface area contributed by atoms with Gasteiger partial charge in [-0.2, -0.15) is 0 Å². The number of ether oxygens (including phenoxy) is 1. The molecule has 1 N–H and O–H groups in total. The van der Waals surface area contributed by atoms with Crippen LogP contribution in [0.4, 0.5) is 13.2 Å². The molecule has 1 unspecified atom stereocenters. The number of carbonyl (C=O) groups is 1. The van der Waals surface area contributed by atoms with Crippen molar-refractivity contribution in [3.05, 3.63) is 65.0 Å². The molecule has 150 valence electrons. The smallest absolute Gasteiger partial charge is 0.254 e. The van der Waals surface area contributed by atoms with Gasteiger partial charge in [0.1, 0.15) is 5.75 Å². The Kier molecular flexibility index (Phi) is 6.57. The average Bonchev–Trinajstić information content (AvgIpc) is 3.22. The first-order valence-corrected chi connectivity index (χ1v) is 9.39. The summed E-state index contributed by atoms with van der Waals surface area (Å²) in [6, 6.07) is 9.23. The van der Waals surface area contributed by atoms with Crippen LogP contribution in [0.5, 0.6) is 5.75 Å². The number of amides is 1. The minimum Gasteiger partial charge on any atom is -0.494 e. The Labute approximate surface area is 162 Å². The van der Waals surface area contributed by atoms with Crippen molar-refractivity contribution in [3.8, 4) is 5.75 Å². The van der Waals surface area contributed by atoms with Crippen LogP contribution in [0.15, 0.2) is 36.4 Å². The quantitative estimate of drug-likeness (QED) is 0.723. The summed E-state index contributed by atoms with van der Waals surface area (Å²) in [5, 5.41) is 2.66. The Morgan fingerprint density at radius 2 is 1.75 bits per heavy atom. The fraction of sp³-hybridized carbons (Fsp3) is 0.381. The van der Waals surface area contributed by atoms with Crippen molar-refractivity contribution < 1.29 is 22.7 Å². The van der Waals surface area contributed by atoms with Crippen LogP contribution in [-0.2, 0) is 0 Å². The van der Waals surface area contributed by atoms with Gasteiger partial charge >= 0.3 is 0 Å². The normalized spacial score (nSPS) is 15.4. The summed E-state index contributed by atoms with van der Waals surface area (Å²) in [5.74, 6) is -4.45. The highest BCUT2D eigenvalue weighted by atomic mass is 19.2. The lowest BCUT2D eigenvalue weighted by atomic mass is 10.0. The number of nitrogens with zero attached hydrogens (tertiary/aromatic N) is 1. The van der Waals surface area contributed by atoms with Gasteiger partial charge in [0.05, 0.1) is 18.2 Å². The van der Waals surface area contributed by atoms with E-state index in [-0.39, 0.29) is 12.6 Å². The lowest BCUT2D eigenvalue weighted by Gasteiger charge is -2.28. The first-order chi connectivity index (χ1) is 13.5. The molecule has 1 heterocycles. The number of hydrogen-bond donors (Lipinski definition) is 1. The van der Waals surface area contributed by atoms with Crippen LogP contribution in [0.3, 0.4) is 0 Å². The van der Waals surface area contributed by atoms with E-state index in [1.54, 1.807) is 0 Å². The molecule has 0 aromatic heterocycles. The molecular formula is C21H23F3N2O2. The maximum Gasteiger partial charge on any atom is 0.254 e. The number of carbonyl (C=O) groups excluding carboxylic acids is 1. The molecule has 0 spiro atoms. The van der Waals surface area contributed by atoms with Gasteiger partial charge in [-0.25, -0.2) is 13.2 Å². The van der Waals surface area contributed by atoms with E-state index in [0.29, 0.717) is 6.61 Å². The van der Waals surface area contributed by atoms with E-state index in [9.17, 15) is 18.0 Å². The number of hydrogen-bond acceptors (Lipinski definition) is 3. The molecule has 1 atom stereocenters. The molecule has 2 aromatic carbocycles. The van der Waals surface area contributed by atoms with Crippen LogP contribution in [0.25, 0.3) is 0 Å². The van der Waals surface area contributed by atoms with Crippen LogP contribution < -0.4 is 10.1 Å². The van der Waals surface area contributed by atoms with E-state index in [2.05, 4.69) is 10.2 Å². The zero-order chi connectivity index (χ0) is 20.1. The summed E-state index contributed by atoms with van der Waals surface area (Å²) in [7, 11) is 0. The van der Waals surface area contributed by atoms with Crippen LogP contribution >= 0.6 is 0 Å². The fourth-order valence-electron chi connectivity index (χ4n) is 3.45. The van der Waals surface area contributed by atoms with E-state index in [4.69, 9.17) is 4.74 Å². The third-order valence-electron chi connectivity index (χ3n) is 4.89. The van der Waals surface area contributed by atoms with Crippen LogP contribution in [0.1, 0.15) is 41.7 Å². The van der Waals surface area contributed by atoms with Crippen LogP contribution in [-0.4, -0.2) is 37.0 Å². The molecule has 7 heteroatoms. The van der Waals surface area contributed by atoms with Crippen LogP contribution in [0.2, 0.25) is 0 Å². The van der Waals surface area contributed by atoms with E-state index in [0.717, 1.165) is 49.4 Å².